The zero-order valence-corrected chi connectivity index (χ0v) is 13.5. The second kappa shape index (κ2) is 5.98. The third-order valence-electron chi connectivity index (χ3n) is 3.95. The highest BCUT2D eigenvalue weighted by molar-refractivity contribution is 9.10. The van der Waals surface area contributed by atoms with Crippen LogP contribution in [0.15, 0.2) is 40.9 Å². The van der Waals surface area contributed by atoms with Gasteiger partial charge in [0.05, 0.1) is 18.8 Å². The molecule has 0 fully saturated rings. The Hall–Kier alpha value is -1.68. The standard InChI is InChI=1S/C17H18BrNO2/c1-21-13-7-8-15(18)17(10-13)19-16-4-2-3-11-5-6-12(20)9-14(11)16/h5-10,16,19-20H,2-4H2,1H3. The average molecular weight is 348 g/mol. The van der Waals surface area contributed by atoms with Gasteiger partial charge in [-0.3, -0.25) is 0 Å². The highest BCUT2D eigenvalue weighted by atomic mass is 79.9. The van der Waals surface area contributed by atoms with Crippen molar-refractivity contribution in [3.8, 4) is 11.5 Å². The van der Waals surface area contributed by atoms with Gasteiger partial charge < -0.3 is 15.2 Å². The molecule has 3 nitrogen and oxygen atoms in total. The first-order valence-corrected chi connectivity index (χ1v) is 7.88. The van der Waals surface area contributed by atoms with E-state index in [1.54, 1.807) is 13.2 Å². The second-order valence-corrected chi connectivity index (χ2v) is 6.17. The first kappa shape index (κ1) is 14.3. The van der Waals surface area contributed by atoms with Crippen LogP contribution < -0.4 is 10.1 Å². The van der Waals surface area contributed by atoms with Gasteiger partial charge in [0.2, 0.25) is 0 Å². The second-order valence-electron chi connectivity index (χ2n) is 5.32. The Kier molecular flexibility index (Phi) is 4.06. The number of anilines is 1. The zero-order chi connectivity index (χ0) is 14.8. The number of fused-ring (bicyclic) bond motifs is 1. The van der Waals surface area contributed by atoms with E-state index in [9.17, 15) is 5.11 Å². The van der Waals surface area contributed by atoms with Crippen LogP contribution in [0.2, 0.25) is 0 Å². The van der Waals surface area contributed by atoms with Crippen molar-refractivity contribution in [1.29, 1.82) is 0 Å². The van der Waals surface area contributed by atoms with E-state index in [1.165, 1.54) is 11.1 Å². The molecule has 110 valence electrons. The van der Waals surface area contributed by atoms with E-state index in [1.807, 2.05) is 30.3 Å². The van der Waals surface area contributed by atoms with E-state index >= 15 is 0 Å². The number of phenolic OH excluding ortho intramolecular Hbond substituents is 1. The molecule has 2 aromatic carbocycles. The smallest absolute Gasteiger partial charge is 0.121 e. The van der Waals surface area contributed by atoms with Gasteiger partial charge in [-0.25, -0.2) is 0 Å². The van der Waals surface area contributed by atoms with Crippen molar-refractivity contribution in [3.05, 3.63) is 52.0 Å². The molecule has 0 aromatic heterocycles. The Morgan fingerprint density at radius 1 is 1.24 bits per heavy atom. The quantitative estimate of drug-likeness (QED) is 0.848. The molecule has 4 heteroatoms. The predicted octanol–water partition coefficient (Wildman–Crippen LogP) is 4.65. The van der Waals surface area contributed by atoms with Gasteiger partial charge in [0, 0.05) is 10.5 Å². The maximum Gasteiger partial charge on any atom is 0.121 e. The summed E-state index contributed by atoms with van der Waals surface area (Å²) in [5, 5.41) is 13.3. The number of aromatic hydroxyl groups is 1. The van der Waals surface area contributed by atoms with Crippen LogP contribution in [-0.2, 0) is 6.42 Å². The van der Waals surface area contributed by atoms with E-state index < -0.39 is 0 Å². The van der Waals surface area contributed by atoms with Crippen molar-refractivity contribution >= 4 is 21.6 Å². The van der Waals surface area contributed by atoms with E-state index in [-0.39, 0.29) is 6.04 Å². The molecule has 3 rings (SSSR count). The van der Waals surface area contributed by atoms with Gasteiger partial charge in [-0.2, -0.15) is 0 Å². The Morgan fingerprint density at radius 3 is 2.90 bits per heavy atom. The third-order valence-corrected chi connectivity index (χ3v) is 4.64. The summed E-state index contributed by atoms with van der Waals surface area (Å²) in [7, 11) is 1.67. The lowest BCUT2D eigenvalue weighted by atomic mass is 9.87. The number of halogens is 1. The molecule has 0 spiro atoms. The van der Waals surface area contributed by atoms with Gasteiger partial charge >= 0.3 is 0 Å². The van der Waals surface area contributed by atoms with Crippen LogP contribution in [0.25, 0.3) is 0 Å². The van der Waals surface area contributed by atoms with Gasteiger partial charge in [0.15, 0.2) is 0 Å². The fourth-order valence-corrected chi connectivity index (χ4v) is 3.23. The minimum Gasteiger partial charge on any atom is -0.508 e. The summed E-state index contributed by atoms with van der Waals surface area (Å²) in [6.07, 6.45) is 3.28. The molecule has 2 N–H and O–H groups in total. The normalized spacial score (nSPS) is 17.1. The number of phenols is 1. The molecular formula is C17H18BrNO2. The average Bonchev–Trinajstić information content (AvgIpc) is 2.50. The molecule has 1 aliphatic rings. The molecule has 1 aliphatic carbocycles. The van der Waals surface area contributed by atoms with E-state index in [0.29, 0.717) is 5.75 Å². The first-order valence-electron chi connectivity index (χ1n) is 7.09. The minimum absolute atomic E-state index is 0.212. The Morgan fingerprint density at radius 2 is 2.10 bits per heavy atom. The summed E-state index contributed by atoms with van der Waals surface area (Å²) in [6, 6.07) is 11.8. The molecule has 0 saturated heterocycles. The van der Waals surface area contributed by atoms with Gasteiger partial charge in [-0.1, -0.05) is 6.07 Å². The van der Waals surface area contributed by atoms with Gasteiger partial charge in [-0.05, 0) is 70.6 Å². The number of rotatable bonds is 3. The summed E-state index contributed by atoms with van der Waals surface area (Å²) >= 11 is 3.57. The summed E-state index contributed by atoms with van der Waals surface area (Å²) in [6.45, 7) is 0. The van der Waals surface area contributed by atoms with E-state index in [4.69, 9.17) is 4.74 Å². The Labute approximate surface area is 133 Å². The summed E-state index contributed by atoms with van der Waals surface area (Å²) in [4.78, 5) is 0. The molecule has 0 amide bonds. The largest absolute Gasteiger partial charge is 0.508 e. The Balaban J connectivity index is 1.91. The van der Waals surface area contributed by atoms with Crippen LogP contribution in [-0.4, -0.2) is 12.2 Å². The van der Waals surface area contributed by atoms with Crippen molar-refractivity contribution in [1.82, 2.24) is 0 Å². The summed E-state index contributed by atoms with van der Waals surface area (Å²) in [5.74, 6) is 1.15. The first-order chi connectivity index (χ1) is 10.2. The number of hydrogen-bond donors (Lipinski definition) is 2. The number of benzene rings is 2. The molecule has 1 atom stereocenters. The lowest BCUT2D eigenvalue weighted by molar-refractivity contribution is 0.415. The maximum absolute atomic E-state index is 9.75. The molecule has 0 aliphatic heterocycles. The van der Waals surface area contributed by atoms with Crippen molar-refractivity contribution in [2.75, 3.05) is 12.4 Å². The van der Waals surface area contributed by atoms with Crippen molar-refractivity contribution in [2.45, 2.75) is 25.3 Å². The van der Waals surface area contributed by atoms with Crippen molar-refractivity contribution < 1.29 is 9.84 Å². The number of aryl methyl sites for hydroxylation is 1. The van der Waals surface area contributed by atoms with Crippen LogP contribution in [0, 0.1) is 0 Å². The number of nitrogens with one attached hydrogen (secondary N) is 1. The lowest BCUT2D eigenvalue weighted by Crippen LogP contribution is -2.17. The van der Waals surface area contributed by atoms with Crippen LogP contribution in [0.5, 0.6) is 11.5 Å². The molecule has 0 radical (unpaired) electrons. The van der Waals surface area contributed by atoms with Crippen LogP contribution in [0.3, 0.4) is 0 Å². The van der Waals surface area contributed by atoms with Gasteiger partial charge in [-0.15, -0.1) is 0 Å². The number of methoxy groups -OCH3 is 1. The third kappa shape index (κ3) is 3.00. The van der Waals surface area contributed by atoms with Gasteiger partial charge in [0.1, 0.15) is 11.5 Å². The fourth-order valence-electron chi connectivity index (χ4n) is 2.87. The highest BCUT2D eigenvalue weighted by Crippen LogP contribution is 2.37. The molecule has 1 unspecified atom stereocenters. The summed E-state index contributed by atoms with van der Waals surface area (Å²) < 4.78 is 6.30. The number of ether oxygens (including phenoxy) is 1. The van der Waals surface area contributed by atoms with Crippen molar-refractivity contribution in [3.63, 3.8) is 0 Å². The monoisotopic (exact) mass is 347 g/mol. The zero-order valence-electron chi connectivity index (χ0n) is 11.9. The topological polar surface area (TPSA) is 41.5 Å². The highest BCUT2D eigenvalue weighted by Gasteiger charge is 2.21. The fraction of sp³-hybridized carbons (Fsp3) is 0.294. The van der Waals surface area contributed by atoms with Gasteiger partial charge in [0.25, 0.3) is 0 Å². The SMILES string of the molecule is COc1ccc(Br)c(NC2CCCc3ccc(O)cc32)c1. The molecule has 0 saturated carbocycles. The van der Waals surface area contributed by atoms with Crippen LogP contribution >= 0.6 is 15.9 Å². The predicted molar refractivity (Wildman–Crippen MR) is 88.1 cm³/mol. The molecule has 2 aromatic rings. The van der Waals surface area contributed by atoms with E-state index in [2.05, 4.69) is 21.2 Å². The maximum atomic E-state index is 9.75. The molecule has 21 heavy (non-hydrogen) atoms. The molecule has 0 heterocycles. The lowest BCUT2D eigenvalue weighted by Gasteiger charge is -2.28. The number of hydrogen-bond acceptors (Lipinski definition) is 3. The van der Waals surface area contributed by atoms with Crippen LogP contribution in [0.1, 0.15) is 30.0 Å². The molecule has 0 bridgehead atoms. The van der Waals surface area contributed by atoms with Crippen LogP contribution in [0.4, 0.5) is 5.69 Å². The summed E-state index contributed by atoms with van der Waals surface area (Å²) in [5.41, 5.74) is 3.52. The Bertz CT molecular complexity index is 657. The van der Waals surface area contributed by atoms with E-state index in [0.717, 1.165) is 35.2 Å². The molecular weight excluding hydrogens is 330 g/mol. The minimum atomic E-state index is 0.212. The van der Waals surface area contributed by atoms with Crippen molar-refractivity contribution in [2.24, 2.45) is 0 Å².